The van der Waals surface area contributed by atoms with Crippen LogP contribution in [0.25, 0.3) is 0 Å². The molecule has 3 rings (SSSR count). The average Bonchev–Trinajstić information content (AvgIpc) is 2.96. The zero-order valence-electron chi connectivity index (χ0n) is 14.5. The van der Waals surface area contributed by atoms with Gasteiger partial charge in [-0.05, 0) is 36.2 Å². The lowest BCUT2D eigenvalue weighted by molar-refractivity contribution is -0.122. The fourth-order valence-corrected chi connectivity index (χ4v) is 3.35. The molecule has 3 N–H and O–H groups in total. The third kappa shape index (κ3) is 5.18. The van der Waals surface area contributed by atoms with Crippen LogP contribution in [-0.2, 0) is 9.59 Å². The number of amides is 2. The number of rotatable bonds is 5. The van der Waals surface area contributed by atoms with Crippen molar-refractivity contribution in [1.29, 1.82) is 0 Å². The van der Waals surface area contributed by atoms with Crippen LogP contribution >= 0.6 is 11.8 Å². The van der Waals surface area contributed by atoms with Crippen LogP contribution in [0.1, 0.15) is 17.5 Å². The summed E-state index contributed by atoms with van der Waals surface area (Å²) in [5.74, 6) is -0.373. The maximum atomic E-state index is 12.2. The second kappa shape index (κ2) is 8.50. The van der Waals surface area contributed by atoms with Gasteiger partial charge in [-0.2, -0.15) is 5.10 Å². The number of anilines is 1. The third-order valence-electron chi connectivity index (χ3n) is 3.79. The quantitative estimate of drug-likeness (QED) is 0.546. The standard InChI is InChI=1S/C19H18N4O3S/c1-12-5-2-3-8-15(12)21-17(25)10-16-18(26)22-19(27-16)23-20-11-13-6-4-7-14(24)9-13/h2-9,11,16,24H,10H2,1H3,(H,21,25)(H,22,23,26)/b20-11-. The van der Waals surface area contributed by atoms with E-state index in [-0.39, 0.29) is 24.0 Å². The lowest BCUT2D eigenvalue weighted by Gasteiger charge is -2.09. The Morgan fingerprint density at radius 1 is 1.30 bits per heavy atom. The Bertz CT molecular complexity index is 927. The molecule has 2 amide bonds. The smallest absolute Gasteiger partial charge is 0.240 e. The van der Waals surface area contributed by atoms with Crippen molar-refractivity contribution in [3.8, 4) is 5.75 Å². The van der Waals surface area contributed by atoms with Crippen molar-refractivity contribution >= 4 is 40.6 Å². The number of nitrogens with one attached hydrogen (secondary N) is 2. The largest absolute Gasteiger partial charge is 0.508 e. The Labute approximate surface area is 160 Å². The molecule has 1 aliphatic heterocycles. The summed E-state index contributed by atoms with van der Waals surface area (Å²) in [7, 11) is 0. The highest BCUT2D eigenvalue weighted by atomic mass is 32.2. The Morgan fingerprint density at radius 2 is 2.11 bits per heavy atom. The van der Waals surface area contributed by atoms with Crippen molar-refractivity contribution in [2.24, 2.45) is 10.2 Å². The molecule has 27 heavy (non-hydrogen) atoms. The first-order valence-electron chi connectivity index (χ1n) is 8.24. The molecule has 1 aliphatic rings. The van der Waals surface area contributed by atoms with E-state index in [2.05, 4.69) is 20.8 Å². The van der Waals surface area contributed by atoms with E-state index < -0.39 is 5.25 Å². The second-order valence-corrected chi connectivity index (χ2v) is 7.10. The first-order valence-corrected chi connectivity index (χ1v) is 9.12. The SMILES string of the molecule is Cc1ccccc1NC(=O)CC1S/C(=N/N=C\c2cccc(O)c2)NC1=O. The number of hydrogen-bond acceptors (Lipinski definition) is 6. The molecule has 0 saturated carbocycles. The monoisotopic (exact) mass is 382 g/mol. The molecule has 2 aromatic rings. The summed E-state index contributed by atoms with van der Waals surface area (Å²) >= 11 is 1.17. The van der Waals surface area contributed by atoms with Gasteiger partial charge in [-0.15, -0.1) is 5.10 Å². The molecule has 138 valence electrons. The molecule has 0 bridgehead atoms. The van der Waals surface area contributed by atoms with Crippen LogP contribution in [0.2, 0.25) is 0 Å². The number of phenolic OH excluding ortho intramolecular Hbond substituents is 1. The molecule has 0 spiro atoms. The molecule has 0 radical (unpaired) electrons. The van der Waals surface area contributed by atoms with E-state index in [4.69, 9.17) is 0 Å². The Morgan fingerprint density at radius 3 is 2.89 bits per heavy atom. The number of benzene rings is 2. The highest BCUT2D eigenvalue weighted by molar-refractivity contribution is 8.15. The van der Waals surface area contributed by atoms with Gasteiger partial charge in [-0.1, -0.05) is 42.1 Å². The van der Waals surface area contributed by atoms with Crippen molar-refractivity contribution in [2.75, 3.05) is 5.32 Å². The average molecular weight is 382 g/mol. The van der Waals surface area contributed by atoms with Gasteiger partial charge in [0, 0.05) is 12.1 Å². The van der Waals surface area contributed by atoms with Gasteiger partial charge in [0.2, 0.25) is 11.8 Å². The number of aryl methyl sites for hydroxylation is 1. The molecule has 0 aromatic heterocycles. The summed E-state index contributed by atoms with van der Waals surface area (Å²) in [4.78, 5) is 24.2. The first kappa shape index (κ1) is 18.7. The molecule has 7 nitrogen and oxygen atoms in total. The fraction of sp³-hybridized carbons (Fsp3) is 0.158. The summed E-state index contributed by atoms with van der Waals surface area (Å²) in [5, 5.41) is 22.5. The zero-order chi connectivity index (χ0) is 19.2. The number of phenols is 1. The van der Waals surface area contributed by atoms with Gasteiger partial charge < -0.3 is 15.7 Å². The van der Waals surface area contributed by atoms with Crippen molar-refractivity contribution in [1.82, 2.24) is 5.32 Å². The van der Waals surface area contributed by atoms with Crippen LogP contribution in [0.4, 0.5) is 5.69 Å². The topological polar surface area (TPSA) is 103 Å². The molecule has 1 unspecified atom stereocenters. The van der Waals surface area contributed by atoms with Gasteiger partial charge in [-0.25, -0.2) is 0 Å². The van der Waals surface area contributed by atoms with Gasteiger partial charge in [-0.3, -0.25) is 9.59 Å². The van der Waals surface area contributed by atoms with E-state index in [1.54, 1.807) is 24.3 Å². The number of thioether (sulfide) groups is 1. The zero-order valence-corrected chi connectivity index (χ0v) is 15.4. The minimum Gasteiger partial charge on any atom is -0.508 e. The predicted octanol–water partition coefficient (Wildman–Crippen LogP) is 2.65. The molecule has 8 heteroatoms. The van der Waals surface area contributed by atoms with Crippen molar-refractivity contribution in [3.63, 3.8) is 0 Å². The number of aromatic hydroxyl groups is 1. The van der Waals surface area contributed by atoms with Gasteiger partial charge in [0.05, 0.1) is 6.21 Å². The Hall–Kier alpha value is -3.13. The maximum absolute atomic E-state index is 12.2. The summed E-state index contributed by atoms with van der Waals surface area (Å²) in [5.41, 5.74) is 2.37. The Balaban J connectivity index is 1.57. The molecular weight excluding hydrogens is 364 g/mol. The number of para-hydroxylation sites is 1. The van der Waals surface area contributed by atoms with Crippen molar-refractivity contribution in [2.45, 2.75) is 18.6 Å². The van der Waals surface area contributed by atoms with Gasteiger partial charge in [0.1, 0.15) is 11.0 Å². The van der Waals surface area contributed by atoms with Crippen LogP contribution < -0.4 is 10.6 Å². The maximum Gasteiger partial charge on any atom is 0.240 e. The molecule has 0 aliphatic carbocycles. The van der Waals surface area contributed by atoms with Gasteiger partial charge in [0.25, 0.3) is 0 Å². The normalized spacial score (nSPS) is 18.0. The van der Waals surface area contributed by atoms with Crippen LogP contribution in [0.5, 0.6) is 5.75 Å². The minimum absolute atomic E-state index is 0.0418. The summed E-state index contributed by atoms with van der Waals surface area (Å²) in [6.45, 7) is 1.90. The number of nitrogens with zero attached hydrogens (tertiary/aromatic N) is 2. The minimum atomic E-state index is -0.552. The number of hydrogen-bond donors (Lipinski definition) is 3. The molecule has 1 fully saturated rings. The number of carbonyl (C=O) groups is 2. The number of carbonyl (C=O) groups excluding carboxylic acids is 2. The molecule has 1 saturated heterocycles. The lowest BCUT2D eigenvalue weighted by Crippen LogP contribution is -2.28. The Kier molecular flexibility index (Phi) is 5.87. The highest BCUT2D eigenvalue weighted by Gasteiger charge is 2.32. The highest BCUT2D eigenvalue weighted by Crippen LogP contribution is 2.23. The summed E-state index contributed by atoms with van der Waals surface area (Å²) in [6, 6.07) is 14.0. The number of amidine groups is 1. The predicted molar refractivity (Wildman–Crippen MR) is 107 cm³/mol. The van der Waals surface area contributed by atoms with Gasteiger partial charge >= 0.3 is 0 Å². The molecule has 2 aromatic carbocycles. The second-order valence-electron chi connectivity index (χ2n) is 5.91. The van der Waals surface area contributed by atoms with Crippen LogP contribution in [0, 0.1) is 6.92 Å². The lowest BCUT2D eigenvalue weighted by atomic mass is 10.2. The summed E-state index contributed by atoms with van der Waals surface area (Å²) in [6.07, 6.45) is 1.51. The first-order chi connectivity index (χ1) is 13.0. The summed E-state index contributed by atoms with van der Waals surface area (Å²) < 4.78 is 0. The van der Waals surface area contributed by atoms with Crippen LogP contribution in [0.3, 0.4) is 0 Å². The fourth-order valence-electron chi connectivity index (χ4n) is 2.42. The van der Waals surface area contributed by atoms with E-state index in [9.17, 15) is 14.7 Å². The van der Waals surface area contributed by atoms with E-state index in [1.165, 1.54) is 18.0 Å². The molecule has 1 heterocycles. The van der Waals surface area contributed by atoms with Crippen LogP contribution in [-0.4, -0.2) is 33.6 Å². The third-order valence-corrected chi connectivity index (χ3v) is 4.86. The molecular formula is C19H18N4O3S. The van der Waals surface area contributed by atoms with Crippen molar-refractivity contribution < 1.29 is 14.7 Å². The van der Waals surface area contributed by atoms with Gasteiger partial charge in [0.15, 0.2) is 5.17 Å². The van der Waals surface area contributed by atoms with E-state index >= 15 is 0 Å². The van der Waals surface area contributed by atoms with E-state index in [0.29, 0.717) is 10.7 Å². The van der Waals surface area contributed by atoms with E-state index in [0.717, 1.165) is 11.3 Å². The van der Waals surface area contributed by atoms with E-state index in [1.807, 2.05) is 31.2 Å². The molecule has 1 atom stereocenters. The van der Waals surface area contributed by atoms with Crippen molar-refractivity contribution in [3.05, 3.63) is 59.7 Å². The van der Waals surface area contributed by atoms with Crippen LogP contribution in [0.15, 0.2) is 58.7 Å².